The van der Waals surface area contributed by atoms with E-state index in [1.165, 1.54) is 17.7 Å². The van der Waals surface area contributed by atoms with Crippen molar-refractivity contribution in [3.63, 3.8) is 0 Å². The molecule has 3 heterocycles. The standard InChI is InChI=1S/C20H21N5O4S/c1-20(2,3)29-19(28)25-7-6-13-15(9-25)30-18(23-13)24-16(26)11-4-5-12-14(8-11)21-10-22-17(12)27/h4-5,8,10H,6-7,9H2,1-3H3,(H,21,22,27)(H,23,24,26). The summed E-state index contributed by atoms with van der Waals surface area (Å²) >= 11 is 1.34. The second kappa shape index (κ2) is 7.52. The SMILES string of the molecule is CC(C)(C)OC(=O)N1CCc2nc(NC(=O)c3ccc4c(=O)[nH]cnc4c3)sc2C1. The molecule has 3 aromatic rings. The van der Waals surface area contributed by atoms with Crippen LogP contribution in [-0.4, -0.2) is 44.0 Å². The Morgan fingerprint density at radius 2 is 2.10 bits per heavy atom. The third-order valence-electron chi connectivity index (χ3n) is 4.51. The third kappa shape index (κ3) is 4.18. The number of hydrogen-bond donors (Lipinski definition) is 2. The highest BCUT2D eigenvalue weighted by Crippen LogP contribution is 2.29. The molecule has 0 radical (unpaired) electrons. The van der Waals surface area contributed by atoms with Crippen LogP contribution in [0.15, 0.2) is 29.3 Å². The summed E-state index contributed by atoms with van der Waals surface area (Å²) in [7, 11) is 0. The van der Waals surface area contributed by atoms with Gasteiger partial charge in [0.05, 0.1) is 29.5 Å². The Morgan fingerprint density at radius 1 is 1.30 bits per heavy atom. The molecule has 0 unspecified atom stereocenters. The van der Waals surface area contributed by atoms with Gasteiger partial charge < -0.3 is 14.6 Å². The van der Waals surface area contributed by atoms with Gasteiger partial charge in [0.25, 0.3) is 11.5 Å². The molecule has 9 nitrogen and oxygen atoms in total. The number of thiazole rings is 1. The monoisotopic (exact) mass is 427 g/mol. The van der Waals surface area contributed by atoms with E-state index < -0.39 is 5.60 Å². The van der Waals surface area contributed by atoms with Crippen molar-refractivity contribution in [1.29, 1.82) is 0 Å². The molecule has 0 spiro atoms. The lowest BCUT2D eigenvalue weighted by molar-refractivity contribution is 0.0225. The summed E-state index contributed by atoms with van der Waals surface area (Å²) in [5, 5.41) is 3.68. The van der Waals surface area contributed by atoms with Crippen LogP contribution in [0.1, 0.15) is 41.7 Å². The van der Waals surface area contributed by atoms with Crippen LogP contribution in [0.25, 0.3) is 10.9 Å². The van der Waals surface area contributed by atoms with Crippen molar-refractivity contribution in [1.82, 2.24) is 19.9 Å². The maximum Gasteiger partial charge on any atom is 0.410 e. The van der Waals surface area contributed by atoms with Crippen LogP contribution in [-0.2, 0) is 17.7 Å². The molecule has 2 aromatic heterocycles. The van der Waals surface area contributed by atoms with Gasteiger partial charge in [0.15, 0.2) is 5.13 Å². The Morgan fingerprint density at radius 3 is 2.87 bits per heavy atom. The zero-order valence-electron chi connectivity index (χ0n) is 16.8. The molecule has 0 fully saturated rings. The number of nitrogens with one attached hydrogen (secondary N) is 2. The number of ether oxygens (including phenoxy) is 1. The van der Waals surface area contributed by atoms with E-state index in [2.05, 4.69) is 20.3 Å². The second-order valence-corrected chi connectivity index (χ2v) is 9.04. The van der Waals surface area contributed by atoms with Crippen LogP contribution in [0.2, 0.25) is 0 Å². The molecule has 0 saturated carbocycles. The molecule has 1 aromatic carbocycles. The third-order valence-corrected chi connectivity index (χ3v) is 5.51. The van der Waals surface area contributed by atoms with Crippen molar-refractivity contribution in [2.45, 2.75) is 39.3 Å². The van der Waals surface area contributed by atoms with Gasteiger partial charge in [-0.3, -0.25) is 14.9 Å². The number of hydrogen-bond acceptors (Lipinski definition) is 7. The first kappa shape index (κ1) is 20.0. The van der Waals surface area contributed by atoms with Crippen molar-refractivity contribution in [3.8, 4) is 0 Å². The van der Waals surface area contributed by atoms with E-state index in [1.807, 2.05) is 20.8 Å². The van der Waals surface area contributed by atoms with Crippen molar-refractivity contribution in [3.05, 3.63) is 51.0 Å². The lowest BCUT2D eigenvalue weighted by Gasteiger charge is -2.29. The van der Waals surface area contributed by atoms with E-state index in [-0.39, 0.29) is 17.6 Å². The predicted octanol–water partition coefficient (Wildman–Crippen LogP) is 2.93. The maximum absolute atomic E-state index is 12.6. The van der Waals surface area contributed by atoms with Crippen molar-refractivity contribution < 1.29 is 14.3 Å². The first-order chi connectivity index (χ1) is 14.2. The average Bonchev–Trinajstić information content (AvgIpc) is 3.08. The summed E-state index contributed by atoms with van der Waals surface area (Å²) in [4.78, 5) is 50.4. The highest BCUT2D eigenvalue weighted by molar-refractivity contribution is 7.15. The van der Waals surface area contributed by atoms with Gasteiger partial charge in [-0.2, -0.15) is 0 Å². The molecular weight excluding hydrogens is 406 g/mol. The number of benzene rings is 1. The minimum Gasteiger partial charge on any atom is -0.444 e. The van der Waals surface area contributed by atoms with Gasteiger partial charge in [0, 0.05) is 23.4 Å². The van der Waals surface area contributed by atoms with Crippen molar-refractivity contribution >= 4 is 39.4 Å². The molecule has 156 valence electrons. The molecule has 1 aliphatic rings. The Bertz CT molecular complexity index is 1190. The molecule has 0 saturated heterocycles. The summed E-state index contributed by atoms with van der Waals surface area (Å²) in [5.74, 6) is -0.339. The summed E-state index contributed by atoms with van der Waals surface area (Å²) in [6, 6.07) is 4.71. The number of nitrogens with zero attached hydrogens (tertiary/aromatic N) is 3. The molecule has 0 atom stereocenters. The zero-order valence-corrected chi connectivity index (χ0v) is 17.6. The number of anilines is 1. The van der Waals surface area contributed by atoms with Crippen LogP contribution in [0.5, 0.6) is 0 Å². The fraction of sp³-hybridized carbons (Fsp3) is 0.350. The number of rotatable bonds is 2. The Hall–Kier alpha value is -3.27. The zero-order chi connectivity index (χ0) is 21.5. The van der Waals surface area contributed by atoms with Gasteiger partial charge in [-0.1, -0.05) is 11.3 Å². The topological polar surface area (TPSA) is 117 Å². The minimum atomic E-state index is -0.552. The number of carbonyl (C=O) groups excluding carboxylic acids is 2. The van der Waals surface area contributed by atoms with E-state index in [4.69, 9.17) is 4.74 Å². The van der Waals surface area contributed by atoms with Gasteiger partial charge in [-0.25, -0.2) is 14.8 Å². The first-order valence-electron chi connectivity index (χ1n) is 9.45. The number of fused-ring (bicyclic) bond motifs is 2. The van der Waals surface area contributed by atoms with Crippen molar-refractivity contribution in [2.75, 3.05) is 11.9 Å². The molecule has 10 heteroatoms. The fourth-order valence-electron chi connectivity index (χ4n) is 3.11. The Balaban J connectivity index is 1.48. The number of H-pyrrole nitrogens is 1. The normalized spacial score (nSPS) is 13.8. The van der Waals surface area contributed by atoms with E-state index in [9.17, 15) is 14.4 Å². The maximum atomic E-state index is 12.6. The molecule has 30 heavy (non-hydrogen) atoms. The van der Waals surface area contributed by atoms with Gasteiger partial charge in [0.1, 0.15) is 5.60 Å². The Kier molecular flexibility index (Phi) is 5.02. The first-order valence-corrected chi connectivity index (χ1v) is 10.3. The van der Waals surface area contributed by atoms with Gasteiger partial charge in [-0.05, 0) is 39.0 Å². The number of aromatic nitrogens is 3. The molecule has 2 N–H and O–H groups in total. The highest BCUT2D eigenvalue weighted by atomic mass is 32.1. The van der Waals surface area contributed by atoms with Crippen LogP contribution < -0.4 is 10.9 Å². The molecule has 0 aliphatic carbocycles. The number of amides is 2. The van der Waals surface area contributed by atoms with E-state index in [1.54, 1.807) is 23.1 Å². The van der Waals surface area contributed by atoms with Gasteiger partial charge in [-0.15, -0.1) is 0 Å². The average molecular weight is 427 g/mol. The number of aromatic amines is 1. The smallest absolute Gasteiger partial charge is 0.410 e. The molecule has 4 rings (SSSR count). The Labute approximate surface area is 176 Å². The summed E-state index contributed by atoms with van der Waals surface area (Å²) in [6.07, 6.45) is 1.55. The largest absolute Gasteiger partial charge is 0.444 e. The van der Waals surface area contributed by atoms with Crippen LogP contribution >= 0.6 is 11.3 Å². The molecular formula is C20H21N5O4S. The lowest BCUT2D eigenvalue weighted by atomic mass is 10.1. The van der Waals surface area contributed by atoms with Gasteiger partial charge in [0.2, 0.25) is 0 Å². The van der Waals surface area contributed by atoms with Crippen molar-refractivity contribution in [2.24, 2.45) is 0 Å². The predicted molar refractivity (Wildman–Crippen MR) is 113 cm³/mol. The molecule has 1 aliphatic heterocycles. The molecule has 0 bridgehead atoms. The van der Waals surface area contributed by atoms with Gasteiger partial charge >= 0.3 is 6.09 Å². The summed E-state index contributed by atoms with van der Waals surface area (Å²) in [5.41, 5.74) is 0.891. The fourth-order valence-corrected chi connectivity index (χ4v) is 4.13. The van der Waals surface area contributed by atoms with Crippen LogP contribution in [0, 0.1) is 0 Å². The minimum absolute atomic E-state index is 0.255. The quantitative estimate of drug-likeness (QED) is 0.649. The second-order valence-electron chi connectivity index (χ2n) is 7.96. The van der Waals surface area contributed by atoms with E-state index >= 15 is 0 Å². The summed E-state index contributed by atoms with van der Waals surface area (Å²) in [6.45, 7) is 6.42. The van der Waals surface area contributed by atoms with Crippen LogP contribution in [0.3, 0.4) is 0 Å². The molecule has 2 amide bonds. The highest BCUT2D eigenvalue weighted by Gasteiger charge is 2.28. The van der Waals surface area contributed by atoms with E-state index in [0.717, 1.165) is 10.6 Å². The lowest BCUT2D eigenvalue weighted by Crippen LogP contribution is -2.39. The van der Waals surface area contributed by atoms with E-state index in [0.29, 0.717) is 41.1 Å². The number of carbonyl (C=O) groups is 2. The summed E-state index contributed by atoms with van der Waals surface area (Å²) < 4.78 is 5.44. The van der Waals surface area contributed by atoms with Crippen LogP contribution in [0.4, 0.5) is 9.93 Å².